The van der Waals surface area contributed by atoms with Gasteiger partial charge in [-0.1, -0.05) is 19.9 Å². The highest BCUT2D eigenvalue weighted by Crippen LogP contribution is 2.43. The Morgan fingerprint density at radius 2 is 2.03 bits per heavy atom. The first-order valence-electron chi connectivity index (χ1n) is 12.8. The summed E-state index contributed by atoms with van der Waals surface area (Å²) in [7, 11) is 0. The summed E-state index contributed by atoms with van der Waals surface area (Å²) in [5, 5.41) is 1.23. The van der Waals surface area contributed by atoms with Crippen LogP contribution in [-0.2, 0) is 4.74 Å². The van der Waals surface area contributed by atoms with E-state index in [2.05, 4.69) is 28.5 Å². The van der Waals surface area contributed by atoms with Crippen LogP contribution in [0.15, 0.2) is 30.5 Å². The van der Waals surface area contributed by atoms with Gasteiger partial charge in [-0.05, 0) is 70.2 Å². The zero-order chi connectivity index (χ0) is 27.4. The minimum atomic E-state index is -0.535. The number of thiazole rings is 1. The van der Waals surface area contributed by atoms with Crippen LogP contribution in [0.4, 0.5) is 20.8 Å². The zero-order valence-corrected chi connectivity index (χ0v) is 24.1. The first-order valence-corrected chi connectivity index (χ1v) is 14.5. The Morgan fingerprint density at radius 3 is 2.68 bits per heavy atom. The minimum absolute atomic E-state index is 0.135. The van der Waals surface area contributed by atoms with E-state index in [0.29, 0.717) is 41.0 Å². The molecule has 0 saturated carbocycles. The summed E-state index contributed by atoms with van der Waals surface area (Å²) in [5.41, 5.74) is 7.31. The van der Waals surface area contributed by atoms with E-state index in [9.17, 15) is 4.79 Å². The smallest absolute Gasteiger partial charge is 0.410 e. The molecule has 1 unspecified atom stereocenters. The van der Waals surface area contributed by atoms with Crippen molar-refractivity contribution in [2.45, 2.75) is 70.7 Å². The second kappa shape index (κ2) is 11.9. The maximum absolute atomic E-state index is 15.8. The third-order valence-corrected chi connectivity index (χ3v) is 8.56. The number of carbonyl (C=O) groups is 1. The van der Waals surface area contributed by atoms with Gasteiger partial charge >= 0.3 is 6.09 Å². The van der Waals surface area contributed by atoms with E-state index in [1.807, 2.05) is 26.8 Å². The molecule has 0 bridgehead atoms. The molecule has 4 rings (SSSR count). The molecular formula is C27H35FN6O2S2. The Hall–Kier alpha value is -2.92. The van der Waals surface area contributed by atoms with Gasteiger partial charge in [-0.25, -0.2) is 24.1 Å². The molecule has 3 aromatic rings. The van der Waals surface area contributed by atoms with Crippen molar-refractivity contribution in [3.63, 3.8) is 0 Å². The number of amides is 1. The summed E-state index contributed by atoms with van der Waals surface area (Å²) in [5.74, 6) is -0.0752. The standard InChI is InChI=1S/C27H35FN6O2S2/c1-6-16(2)38-33-19-9-7-8-18(21(19)28)22-23(20-10-13-30-25(29)31-20)37-24(32-22)17-11-14-34(15-12-17)26(35)36-27(3,4)5/h7-10,13,16-17,33H,6,11-12,14-15H2,1-5H3,(H2,29,30,31). The third-order valence-electron chi connectivity index (χ3n) is 6.25. The average Bonchev–Trinajstić information content (AvgIpc) is 3.32. The van der Waals surface area contributed by atoms with Crippen molar-refractivity contribution < 1.29 is 13.9 Å². The third kappa shape index (κ3) is 6.74. The SMILES string of the molecule is CCC(C)SNc1cccc(-c2nc(C3CCN(C(=O)OC(C)(C)C)CC3)sc2-c2ccnc(N)n2)c1F. The zero-order valence-electron chi connectivity index (χ0n) is 22.5. The maximum Gasteiger partial charge on any atom is 0.410 e. The summed E-state index contributed by atoms with van der Waals surface area (Å²) in [4.78, 5) is 28.4. The van der Waals surface area contributed by atoms with Crippen LogP contribution >= 0.6 is 23.3 Å². The van der Waals surface area contributed by atoms with E-state index in [1.54, 1.807) is 29.3 Å². The van der Waals surface area contributed by atoms with Crippen molar-refractivity contribution in [2.75, 3.05) is 23.5 Å². The van der Waals surface area contributed by atoms with Gasteiger partial charge in [-0.15, -0.1) is 11.3 Å². The summed E-state index contributed by atoms with van der Waals surface area (Å²) in [6.07, 6.45) is 3.76. The van der Waals surface area contributed by atoms with Gasteiger partial charge in [0.15, 0.2) is 5.82 Å². The van der Waals surface area contributed by atoms with Crippen molar-refractivity contribution in [1.29, 1.82) is 0 Å². The number of ether oxygens (including phenoxy) is 1. The number of nitrogens with one attached hydrogen (secondary N) is 1. The molecule has 1 fully saturated rings. The molecule has 0 radical (unpaired) electrons. The molecule has 3 N–H and O–H groups in total. The Balaban J connectivity index is 1.64. The number of piperidine rings is 1. The fraction of sp³-hybridized carbons (Fsp3) is 0.481. The molecule has 8 nitrogen and oxygen atoms in total. The second-order valence-electron chi connectivity index (χ2n) is 10.4. The molecule has 3 heterocycles. The fourth-order valence-electron chi connectivity index (χ4n) is 4.04. The molecule has 38 heavy (non-hydrogen) atoms. The molecule has 1 aliphatic rings. The van der Waals surface area contributed by atoms with Crippen LogP contribution in [0.3, 0.4) is 0 Å². The molecule has 1 atom stereocenters. The molecule has 1 amide bonds. The van der Waals surface area contributed by atoms with Crippen molar-refractivity contribution >= 4 is 41.0 Å². The molecular weight excluding hydrogens is 523 g/mol. The van der Waals surface area contributed by atoms with Gasteiger partial charge in [0.25, 0.3) is 0 Å². The summed E-state index contributed by atoms with van der Waals surface area (Å²) < 4.78 is 24.5. The highest BCUT2D eigenvalue weighted by Gasteiger charge is 2.30. The van der Waals surface area contributed by atoms with Gasteiger partial charge in [-0.2, -0.15) is 0 Å². The molecule has 0 spiro atoms. The number of benzene rings is 1. The lowest BCUT2D eigenvalue weighted by Crippen LogP contribution is -2.41. The van der Waals surface area contributed by atoms with Crippen molar-refractivity contribution in [1.82, 2.24) is 19.9 Å². The number of likely N-dealkylation sites (tertiary alicyclic amines) is 1. The molecule has 1 aliphatic heterocycles. The molecule has 11 heteroatoms. The van der Waals surface area contributed by atoms with E-state index >= 15 is 4.39 Å². The summed E-state index contributed by atoms with van der Waals surface area (Å²) in [6.45, 7) is 10.9. The Morgan fingerprint density at radius 1 is 1.29 bits per heavy atom. The number of carbonyl (C=O) groups excluding carboxylic acids is 1. The van der Waals surface area contributed by atoms with Gasteiger partial charge in [0.05, 0.1) is 27.0 Å². The number of rotatable bonds is 7. The van der Waals surface area contributed by atoms with Crippen LogP contribution in [0.5, 0.6) is 0 Å². The molecule has 1 aromatic carbocycles. The monoisotopic (exact) mass is 558 g/mol. The normalized spacial score (nSPS) is 15.4. The maximum atomic E-state index is 15.8. The Kier molecular flexibility index (Phi) is 8.77. The van der Waals surface area contributed by atoms with Gasteiger partial charge < -0.3 is 20.1 Å². The number of nitrogens with zero attached hydrogens (tertiary/aromatic N) is 4. The molecule has 1 saturated heterocycles. The first-order chi connectivity index (χ1) is 18.1. The van der Waals surface area contributed by atoms with Crippen LogP contribution in [0.1, 0.15) is 64.8 Å². The largest absolute Gasteiger partial charge is 0.444 e. The summed E-state index contributed by atoms with van der Waals surface area (Å²) >= 11 is 2.99. The lowest BCUT2D eigenvalue weighted by molar-refractivity contribution is 0.0205. The van der Waals surface area contributed by atoms with Crippen LogP contribution < -0.4 is 10.5 Å². The molecule has 204 valence electrons. The second-order valence-corrected chi connectivity index (χ2v) is 12.7. The Bertz CT molecular complexity index is 1270. The van der Waals surface area contributed by atoms with E-state index in [1.165, 1.54) is 23.3 Å². The van der Waals surface area contributed by atoms with Gasteiger partial charge in [0.2, 0.25) is 5.95 Å². The van der Waals surface area contributed by atoms with Gasteiger partial charge in [0, 0.05) is 36.0 Å². The van der Waals surface area contributed by atoms with E-state index in [0.717, 1.165) is 29.1 Å². The van der Waals surface area contributed by atoms with E-state index < -0.39 is 5.60 Å². The predicted octanol–water partition coefficient (Wildman–Crippen LogP) is 6.96. The van der Waals surface area contributed by atoms with E-state index in [-0.39, 0.29) is 23.8 Å². The van der Waals surface area contributed by atoms with Crippen LogP contribution in [0.2, 0.25) is 0 Å². The van der Waals surface area contributed by atoms with E-state index in [4.69, 9.17) is 15.5 Å². The lowest BCUT2D eigenvalue weighted by Gasteiger charge is -2.32. The highest BCUT2D eigenvalue weighted by atomic mass is 32.2. The number of hydrogen-bond acceptors (Lipinski definition) is 9. The summed E-state index contributed by atoms with van der Waals surface area (Å²) in [6, 6.07) is 7.07. The number of hydrogen-bond donors (Lipinski definition) is 2. The number of nitrogen functional groups attached to an aromatic ring is 1. The number of anilines is 2. The van der Waals surface area contributed by atoms with Crippen molar-refractivity contribution in [3.05, 3.63) is 41.3 Å². The average molecular weight is 559 g/mol. The van der Waals surface area contributed by atoms with Gasteiger partial charge in [-0.3, -0.25) is 0 Å². The van der Waals surface area contributed by atoms with Gasteiger partial charge in [0.1, 0.15) is 5.60 Å². The Labute approximate surface area is 231 Å². The quantitative estimate of drug-likeness (QED) is 0.300. The molecule has 2 aromatic heterocycles. The lowest BCUT2D eigenvalue weighted by atomic mass is 9.97. The first kappa shape index (κ1) is 28.1. The minimum Gasteiger partial charge on any atom is -0.444 e. The predicted molar refractivity (Wildman–Crippen MR) is 154 cm³/mol. The van der Waals surface area contributed by atoms with Crippen molar-refractivity contribution in [3.8, 4) is 21.8 Å². The number of nitrogens with two attached hydrogens (primary N) is 1. The fourth-order valence-corrected chi connectivity index (χ4v) is 5.92. The number of aromatic nitrogens is 3. The number of halogens is 1. The van der Waals surface area contributed by atoms with Crippen molar-refractivity contribution in [2.24, 2.45) is 0 Å². The van der Waals surface area contributed by atoms with Crippen LogP contribution in [0.25, 0.3) is 21.8 Å². The highest BCUT2D eigenvalue weighted by molar-refractivity contribution is 8.01. The van der Waals surface area contributed by atoms with Crippen LogP contribution in [0, 0.1) is 5.82 Å². The topological polar surface area (TPSA) is 106 Å². The molecule has 0 aliphatic carbocycles. The van der Waals surface area contributed by atoms with Crippen LogP contribution in [-0.4, -0.2) is 49.9 Å².